The molecule has 0 unspecified atom stereocenters. The van der Waals surface area contributed by atoms with Crippen molar-refractivity contribution in [1.29, 1.82) is 0 Å². The van der Waals surface area contributed by atoms with Gasteiger partial charge >= 0.3 is 6.03 Å². The van der Waals surface area contributed by atoms with E-state index in [9.17, 15) is 4.79 Å². The highest BCUT2D eigenvalue weighted by molar-refractivity contribution is 5.89. The first-order valence-corrected chi connectivity index (χ1v) is 9.61. The highest BCUT2D eigenvalue weighted by Gasteiger charge is 2.16. The largest absolute Gasteiger partial charge is 0.494 e. The number of rotatable bonds is 6. The van der Waals surface area contributed by atoms with E-state index in [0.717, 1.165) is 41.8 Å². The van der Waals surface area contributed by atoms with Crippen molar-refractivity contribution in [2.45, 2.75) is 33.2 Å². The average Bonchev–Trinajstić information content (AvgIpc) is 2.69. The van der Waals surface area contributed by atoms with E-state index in [0.29, 0.717) is 13.2 Å². The smallest absolute Gasteiger partial charge is 0.319 e. The number of hydrogen-bond donors (Lipinski definition) is 2. The number of nitrogens with one attached hydrogen (secondary N) is 2. The topological polar surface area (TPSA) is 66.5 Å². The van der Waals surface area contributed by atoms with Crippen LogP contribution in [0.2, 0.25) is 0 Å². The summed E-state index contributed by atoms with van der Waals surface area (Å²) in [6.07, 6.45) is 4.28. The van der Waals surface area contributed by atoms with Crippen LogP contribution < -0.4 is 20.3 Å². The number of hydrogen-bond acceptors (Lipinski definition) is 4. The molecule has 2 N–H and O–H groups in total. The number of aromatic nitrogens is 1. The van der Waals surface area contributed by atoms with Gasteiger partial charge in [0.25, 0.3) is 0 Å². The number of benzene rings is 1. The molecule has 0 aliphatic carbocycles. The fourth-order valence-corrected chi connectivity index (χ4v) is 3.10. The van der Waals surface area contributed by atoms with Crippen LogP contribution in [0.15, 0.2) is 42.6 Å². The molecule has 1 aliphatic rings. The molecule has 0 bridgehead atoms. The molecule has 1 aliphatic heterocycles. The number of urea groups is 1. The lowest BCUT2D eigenvalue weighted by Gasteiger charge is -2.31. The number of carbonyl (C=O) groups is 1. The number of ether oxygens (including phenoxy) is 1. The number of piperidine rings is 1. The lowest BCUT2D eigenvalue weighted by Crippen LogP contribution is -2.33. The van der Waals surface area contributed by atoms with E-state index in [1.807, 2.05) is 49.5 Å². The molecule has 0 spiro atoms. The number of nitrogens with zero attached hydrogens (tertiary/aromatic N) is 2. The zero-order valence-electron chi connectivity index (χ0n) is 16.1. The number of carbonyl (C=O) groups excluding carboxylic acids is 1. The molecule has 1 aromatic carbocycles. The first kappa shape index (κ1) is 19.0. The van der Waals surface area contributed by atoms with Gasteiger partial charge in [-0.3, -0.25) is 0 Å². The van der Waals surface area contributed by atoms with Crippen LogP contribution in [-0.2, 0) is 6.54 Å². The molecule has 1 fully saturated rings. The van der Waals surface area contributed by atoms with E-state index in [-0.39, 0.29) is 6.03 Å². The van der Waals surface area contributed by atoms with Crippen molar-refractivity contribution in [3.63, 3.8) is 0 Å². The average molecular weight is 368 g/mol. The van der Waals surface area contributed by atoms with Gasteiger partial charge in [-0.2, -0.15) is 0 Å². The van der Waals surface area contributed by atoms with E-state index >= 15 is 0 Å². The molecule has 2 amide bonds. The molecule has 2 aromatic rings. The molecule has 1 saturated heterocycles. The normalized spacial score (nSPS) is 14.7. The second kappa shape index (κ2) is 9.26. The Balaban J connectivity index is 1.45. The van der Waals surface area contributed by atoms with Gasteiger partial charge in [-0.05, 0) is 61.6 Å². The summed E-state index contributed by atoms with van der Waals surface area (Å²) in [6.45, 7) is 7.43. The van der Waals surface area contributed by atoms with Crippen molar-refractivity contribution >= 4 is 17.5 Å². The zero-order chi connectivity index (χ0) is 19.1. The Kier molecular flexibility index (Phi) is 6.52. The monoisotopic (exact) mass is 368 g/mol. The lowest BCUT2D eigenvalue weighted by atomic mass is 9.99. The van der Waals surface area contributed by atoms with Crippen molar-refractivity contribution < 1.29 is 9.53 Å². The first-order chi connectivity index (χ1) is 13.1. The molecule has 0 atom stereocenters. The summed E-state index contributed by atoms with van der Waals surface area (Å²) in [5.74, 6) is 2.61. The second-order valence-corrected chi connectivity index (χ2v) is 6.96. The minimum atomic E-state index is -0.242. The van der Waals surface area contributed by atoms with Crippen molar-refractivity contribution in [3.05, 3.63) is 48.2 Å². The van der Waals surface area contributed by atoms with Gasteiger partial charge in [0.2, 0.25) is 0 Å². The predicted octanol–water partition coefficient (Wildman–Crippen LogP) is 4.04. The molecular formula is C21H28N4O2. The number of anilines is 2. The third-order valence-electron chi connectivity index (χ3n) is 4.79. The van der Waals surface area contributed by atoms with Crippen LogP contribution in [0.25, 0.3) is 0 Å². The van der Waals surface area contributed by atoms with Crippen molar-refractivity contribution in [2.75, 3.05) is 29.9 Å². The van der Waals surface area contributed by atoms with E-state index < -0.39 is 0 Å². The van der Waals surface area contributed by atoms with Crippen molar-refractivity contribution in [1.82, 2.24) is 10.3 Å². The quantitative estimate of drug-likeness (QED) is 0.808. The summed E-state index contributed by atoms with van der Waals surface area (Å²) < 4.78 is 5.39. The molecule has 0 radical (unpaired) electrons. The van der Waals surface area contributed by atoms with Gasteiger partial charge in [-0.25, -0.2) is 9.78 Å². The van der Waals surface area contributed by atoms with Crippen LogP contribution in [0.1, 0.15) is 32.3 Å². The Morgan fingerprint density at radius 2 is 1.93 bits per heavy atom. The molecule has 6 heteroatoms. The lowest BCUT2D eigenvalue weighted by molar-refractivity contribution is 0.251. The molecule has 1 aromatic heterocycles. The highest BCUT2D eigenvalue weighted by atomic mass is 16.5. The summed E-state index contributed by atoms with van der Waals surface area (Å²) in [5.41, 5.74) is 1.70. The van der Waals surface area contributed by atoms with Gasteiger partial charge < -0.3 is 20.3 Å². The molecule has 6 nitrogen and oxygen atoms in total. The van der Waals surface area contributed by atoms with Crippen LogP contribution in [0.3, 0.4) is 0 Å². The summed E-state index contributed by atoms with van der Waals surface area (Å²) in [5, 5.41) is 5.67. The van der Waals surface area contributed by atoms with Crippen LogP contribution in [-0.4, -0.2) is 30.7 Å². The van der Waals surface area contributed by atoms with Gasteiger partial charge in [0.15, 0.2) is 0 Å². The zero-order valence-corrected chi connectivity index (χ0v) is 16.1. The maximum Gasteiger partial charge on any atom is 0.319 e. The summed E-state index contributed by atoms with van der Waals surface area (Å²) in [4.78, 5) is 18.9. The van der Waals surface area contributed by atoms with Gasteiger partial charge in [0, 0.05) is 31.5 Å². The Morgan fingerprint density at radius 1 is 1.19 bits per heavy atom. The van der Waals surface area contributed by atoms with Crippen molar-refractivity contribution in [3.8, 4) is 5.75 Å². The molecule has 3 rings (SSSR count). The van der Waals surface area contributed by atoms with Gasteiger partial charge in [0.05, 0.1) is 6.61 Å². The van der Waals surface area contributed by atoms with Gasteiger partial charge in [-0.15, -0.1) is 0 Å². The van der Waals surface area contributed by atoms with E-state index in [1.165, 1.54) is 12.8 Å². The minimum Gasteiger partial charge on any atom is -0.494 e. The first-order valence-electron chi connectivity index (χ1n) is 9.61. The van der Waals surface area contributed by atoms with E-state index in [1.54, 1.807) is 0 Å². The Hall–Kier alpha value is -2.76. The fraction of sp³-hybridized carbons (Fsp3) is 0.429. The Labute approximate surface area is 160 Å². The molecular weight excluding hydrogens is 340 g/mol. The maximum atomic E-state index is 12.1. The summed E-state index contributed by atoms with van der Waals surface area (Å²) in [7, 11) is 0. The maximum absolute atomic E-state index is 12.1. The minimum absolute atomic E-state index is 0.242. The number of amides is 2. The second-order valence-electron chi connectivity index (χ2n) is 6.96. The summed E-state index contributed by atoms with van der Waals surface area (Å²) >= 11 is 0. The third-order valence-corrected chi connectivity index (χ3v) is 4.79. The molecule has 0 saturated carbocycles. The van der Waals surface area contributed by atoms with Gasteiger partial charge in [-0.1, -0.05) is 13.0 Å². The van der Waals surface area contributed by atoms with Gasteiger partial charge in [0.1, 0.15) is 11.6 Å². The van der Waals surface area contributed by atoms with Crippen LogP contribution >= 0.6 is 0 Å². The van der Waals surface area contributed by atoms with E-state index in [4.69, 9.17) is 4.74 Å². The van der Waals surface area contributed by atoms with Crippen LogP contribution in [0, 0.1) is 5.92 Å². The number of pyridine rings is 1. The van der Waals surface area contributed by atoms with Crippen molar-refractivity contribution in [2.24, 2.45) is 5.92 Å². The fourth-order valence-electron chi connectivity index (χ4n) is 3.10. The predicted molar refractivity (Wildman–Crippen MR) is 108 cm³/mol. The van der Waals surface area contributed by atoms with Crippen LogP contribution in [0.4, 0.5) is 16.3 Å². The third kappa shape index (κ3) is 5.61. The Bertz CT molecular complexity index is 723. The molecule has 2 heterocycles. The Morgan fingerprint density at radius 3 is 2.56 bits per heavy atom. The van der Waals surface area contributed by atoms with Crippen LogP contribution in [0.5, 0.6) is 5.75 Å². The standard InChI is InChI=1S/C21H28N4O2/c1-3-27-19-7-5-18(6-8-19)24-21(26)23-15-17-4-9-20(22-14-17)25-12-10-16(2)11-13-25/h4-9,14,16H,3,10-13,15H2,1-2H3,(H2,23,24,26). The summed E-state index contributed by atoms with van der Waals surface area (Å²) in [6, 6.07) is 11.1. The molecule has 27 heavy (non-hydrogen) atoms. The highest BCUT2D eigenvalue weighted by Crippen LogP contribution is 2.21. The van der Waals surface area contributed by atoms with E-state index in [2.05, 4.69) is 27.4 Å². The SMILES string of the molecule is CCOc1ccc(NC(=O)NCc2ccc(N3CCC(C)CC3)nc2)cc1. The molecule has 144 valence electrons.